The third-order valence-corrected chi connectivity index (χ3v) is 3.66. The topological polar surface area (TPSA) is 65.0 Å². The van der Waals surface area contributed by atoms with Crippen LogP contribution in [-0.4, -0.2) is 17.8 Å². The van der Waals surface area contributed by atoms with E-state index in [-0.39, 0.29) is 11.7 Å². The third-order valence-electron chi connectivity index (χ3n) is 2.80. The summed E-state index contributed by atoms with van der Waals surface area (Å²) in [6, 6.07) is 10.5. The second-order valence-electron chi connectivity index (χ2n) is 4.48. The Labute approximate surface area is 130 Å². The molecule has 0 fully saturated rings. The van der Waals surface area contributed by atoms with Gasteiger partial charge < -0.3 is 9.47 Å². The van der Waals surface area contributed by atoms with E-state index in [0.29, 0.717) is 11.6 Å². The molecule has 0 atom stereocenters. The third kappa shape index (κ3) is 3.12. The Morgan fingerprint density at radius 3 is 2.68 bits per heavy atom. The second-order valence-corrected chi connectivity index (χ2v) is 5.42. The molecule has 2 aromatic rings. The number of carbonyl (C=O) groups excluding carboxylic acids is 2. The van der Waals surface area contributed by atoms with Gasteiger partial charge in [-0.05, 0) is 35.2 Å². The number of thiophene rings is 1. The summed E-state index contributed by atoms with van der Waals surface area (Å²) < 4.78 is 10.1. The maximum atomic E-state index is 11.8. The first kappa shape index (κ1) is 14.2. The highest BCUT2D eigenvalue weighted by Crippen LogP contribution is 2.22. The van der Waals surface area contributed by atoms with Gasteiger partial charge in [0.15, 0.2) is 5.70 Å². The fraction of sp³-hybridized carbons (Fsp3) is 0.0625. The normalized spacial score (nSPS) is 15.6. The molecule has 0 saturated carbocycles. The van der Waals surface area contributed by atoms with Gasteiger partial charge in [0.2, 0.25) is 5.90 Å². The summed E-state index contributed by atoms with van der Waals surface area (Å²) >= 11 is 1.45. The van der Waals surface area contributed by atoms with E-state index in [4.69, 9.17) is 9.47 Å². The molecule has 0 aliphatic carbocycles. The van der Waals surface area contributed by atoms with Crippen molar-refractivity contribution in [2.24, 2.45) is 4.99 Å². The van der Waals surface area contributed by atoms with Gasteiger partial charge in [0.25, 0.3) is 0 Å². The number of hydrogen-bond acceptors (Lipinski definition) is 6. The van der Waals surface area contributed by atoms with E-state index in [1.807, 2.05) is 17.5 Å². The molecule has 0 amide bonds. The van der Waals surface area contributed by atoms with Crippen LogP contribution in [0.5, 0.6) is 5.75 Å². The molecule has 0 radical (unpaired) electrons. The maximum absolute atomic E-state index is 11.8. The summed E-state index contributed by atoms with van der Waals surface area (Å²) in [5.41, 5.74) is 1.00. The van der Waals surface area contributed by atoms with Crippen molar-refractivity contribution in [1.82, 2.24) is 0 Å². The fourth-order valence-corrected chi connectivity index (χ4v) is 2.52. The average molecular weight is 313 g/mol. The van der Waals surface area contributed by atoms with Crippen molar-refractivity contribution in [1.29, 1.82) is 0 Å². The molecule has 1 aliphatic rings. The largest absolute Gasteiger partial charge is 0.427 e. The van der Waals surface area contributed by atoms with Crippen molar-refractivity contribution in [2.45, 2.75) is 6.92 Å². The van der Waals surface area contributed by atoms with Crippen LogP contribution in [0.15, 0.2) is 52.5 Å². The molecule has 0 saturated heterocycles. The van der Waals surface area contributed by atoms with Crippen LogP contribution >= 0.6 is 11.3 Å². The molecular weight excluding hydrogens is 302 g/mol. The van der Waals surface area contributed by atoms with Crippen LogP contribution in [0.3, 0.4) is 0 Å². The molecule has 0 spiro atoms. The second kappa shape index (κ2) is 5.95. The molecule has 6 heteroatoms. The van der Waals surface area contributed by atoms with Gasteiger partial charge in [-0.1, -0.05) is 18.2 Å². The zero-order valence-electron chi connectivity index (χ0n) is 11.6. The summed E-state index contributed by atoms with van der Waals surface area (Å²) in [7, 11) is 0. The first-order valence-electron chi connectivity index (χ1n) is 6.47. The molecule has 110 valence electrons. The highest BCUT2D eigenvalue weighted by atomic mass is 32.1. The standard InChI is InChI=1S/C16H11NO4S/c1-10(18)20-12-6-4-11(5-7-12)9-13-16(19)21-15(17-13)14-3-2-8-22-14/h2-9H,1H3. The average Bonchev–Trinajstić information content (AvgIpc) is 3.11. The van der Waals surface area contributed by atoms with E-state index >= 15 is 0 Å². The Balaban J connectivity index is 1.82. The van der Waals surface area contributed by atoms with E-state index in [1.54, 1.807) is 30.3 Å². The molecule has 0 bridgehead atoms. The van der Waals surface area contributed by atoms with Crippen molar-refractivity contribution in [3.05, 3.63) is 57.9 Å². The number of ether oxygens (including phenoxy) is 2. The van der Waals surface area contributed by atoms with Crippen molar-refractivity contribution in [3.63, 3.8) is 0 Å². The number of nitrogens with zero attached hydrogens (tertiary/aromatic N) is 1. The number of esters is 2. The van der Waals surface area contributed by atoms with Gasteiger partial charge in [-0.15, -0.1) is 11.3 Å². The van der Waals surface area contributed by atoms with Gasteiger partial charge in [0.1, 0.15) is 5.75 Å². The predicted molar refractivity (Wildman–Crippen MR) is 82.7 cm³/mol. The molecule has 5 nitrogen and oxygen atoms in total. The van der Waals surface area contributed by atoms with E-state index in [1.165, 1.54) is 18.3 Å². The lowest BCUT2D eigenvalue weighted by atomic mass is 10.2. The molecule has 22 heavy (non-hydrogen) atoms. The lowest BCUT2D eigenvalue weighted by Crippen LogP contribution is -2.03. The van der Waals surface area contributed by atoms with Gasteiger partial charge in [-0.25, -0.2) is 9.79 Å². The number of rotatable bonds is 3. The zero-order chi connectivity index (χ0) is 15.5. The van der Waals surface area contributed by atoms with Crippen LogP contribution in [0.25, 0.3) is 6.08 Å². The van der Waals surface area contributed by atoms with Crippen molar-refractivity contribution in [3.8, 4) is 5.75 Å². The minimum absolute atomic E-state index is 0.239. The zero-order valence-corrected chi connectivity index (χ0v) is 12.4. The van der Waals surface area contributed by atoms with Crippen LogP contribution in [0, 0.1) is 0 Å². The number of hydrogen-bond donors (Lipinski definition) is 0. The van der Waals surface area contributed by atoms with Crippen molar-refractivity contribution >= 4 is 35.2 Å². The van der Waals surface area contributed by atoms with Gasteiger partial charge in [-0.3, -0.25) is 4.79 Å². The number of cyclic esters (lactones) is 1. The Morgan fingerprint density at radius 2 is 2.05 bits per heavy atom. The van der Waals surface area contributed by atoms with E-state index in [2.05, 4.69) is 4.99 Å². The monoisotopic (exact) mass is 313 g/mol. The van der Waals surface area contributed by atoms with Crippen LogP contribution in [0.4, 0.5) is 0 Å². The van der Waals surface area contributed by atoms with Gasteiger partial charge in [-0.2, -0.15) is 0 Å². The molecule has 1 aromatic heterocycles. The van der Waals surface area contributed by atoms with Crippen LogP contribution in [0.1, 0.15) is 17.4 Å². The smallest absolute Gasteiger partial charge is 0.363 e. The Bertz CT molecular complexity index is 773. The summed E-state index contributed by atoms with van der Waals surface area (Å²) in [5.74, 6) is -0.0858. The minimum Gasteiger partial charge on any atom is -0.427 e. The lowest BCUT2D eigenvalue weighted by Gasteiger charge is -2.00. The van der Waals surface area contributed by atoms with Gasteiger partial charge in [0, 0.05) is 6.92 Å². The molecule has 0 unspecified atom stereocenters. The number of carbonyl (C=O) groups is 2. The Hall–Kier alpha value is -2.73. The first-order valence-corrected chi connectivity index (χ1v) is 7.35. The van der Waals surface area contributed by atoms with E-state index < -0.39 is 5.97 Å². The minimum atomic E-state index is -0.479. The predicted octanol–water partition coefficient (Wildman–Crippen LogP) is 3.02. The summed E-state index contributed by atoms with van der Waals surface area (Å²) in [6.45, 7) is 1.34. The SMILES string of the molecule is CC(=O)Oc1ccc(C=C2N=C(c3cccs3)OC2=O)cc1. The van der Waals surface area contributed by atoms with E-state index in [0.717, 1.165) is 10.4 Å². The van der Waals surface area contributed by atoms with Crippen molar-refractivity contribution in [2.75, 3.05) is 0 Å². The Morgan fingerprint density at radius 1 is 1.27 bits per heavy atom. The summed E-state index contributed by atoms with van der Waals surface area (Å²) in [4.78, 5) is 27.7. The van der Waals surface area contributed by atoms with Crippen LogP contribution < -0.4 is 4.74 Å². The molecule has 1 aromatic carbocycles. The summed E-state index contributed by atoms with van der Waals surface area (Å²) in [5, 5.41) is 1.89. The highest BCUT2D eigenvalue weighted by Gasteiger charge is 2.24. The van der Waals surface area contributed by atoms with Crippen LogP contribution in [0.2, 0.25) is 0 Å². The molecule has 0 N–H and O–H groups in total. The fourth-order valence-electron chi connectivity index (χ4n) is 1.87. The Kier molecular flexibility index (Phi) is 3.84. The van der Waals surface area contributed by atoms with Gasteiger partial charge in [0.05, 0.1) is 4.88 Å². The molecule has 1 aliphatic heterocycles. The number of aliphatic imine (C=N–C) groups is 1. The number of benzene rings is 1. The molecule has 2 heterocycles. The lowest BCUT2D eigenvalue weighted by molar-refractivity contribution is -0.132. The van der Waals surface area contributed by atoms with E-state index in [9.17, 15) is 9.59 Å². The molecule has 3 rings (SSSR count). The summed E-state index contributed by atoms with van der Waals surface area (Å²) in [6.07, 6.45) is 1.63. The first-order chi connectivity index (χ1) is 10.6. The van der Waals surface area contributed by atoms with Crippen LogP contribution in [-0.2, 0) is 14.3 Å². The van der Waals surface area contributed by atoms with Gasteiger partial charge >= 0.3 is 11.9 Å². The quantitative estimate of drug-likeness (QED) is 0.496. The highest BCUT2D eigenvalue weighted by molar-refractivity contribution is 7.12. The van der Waals surface area contributed by atoms with Crippen molar-refractivity contribution < 1.29 is 19.1 Å². The maximum Gasteiger partial charge on any atom is 0.363 e. The molecular formula is C16H11NO4S.